The molecule has 0 unspecified atom stereocenters. The summed E-state index contributed by atoms with van der Waals surface area (Å²) in [5, 5.41) is 1.19. The van der Waals surface area contributed by atoms with Crippen LogP contribution in [-0.4, -0.2) is 49.7 Å². The molecule has 0 saturated carbocycles. The van der Waals surface area contributed by atoms with Gasteiger partial charge in [-0.05, 0) is 30.2 Å². The summed E-state index contributed by atoms with van der Waals surface area (Å²) in [5.74, 6) is -0.978. The van der Waals surface area contributed by atoms with Crippen molar-refractivity contribution in [1.29, 1.82) is 0 Å². The fraction of sp³-hybridized carbons (Fsp3) is 0.250. The number of rotatable bonds is 4. The molecular formula is C20H21FN2O3S. The van der Waals surface area contributed by atoms with Crippen LogP contribution in [0, 0.1) is 5.82 Å². The van der Waals surface area contributed by atoms with E-state index in [1.54, 1.807) is 12.1 Å². The van der Waals surface area contributed by atoms with Crippen LogP contribution in [0.3, 0.4) is 0 Å². The van der Waals surface area contributed by atoms with Crippen LogP contribution in [0.15, 0.2) is 60.0 Å². The maximum absolute atomic E-state index is 13.9. The average Bonchev–Trinajstić information content (AvgIpc) is 2.94. The lowest BCUT2D eigenvalue weighted by Gasteiger charge is -2.21. The standard InChI is InChI=1S/C20H21FN2O3S/c21-19-10-5-4-9-18(19)20(24)22-12-6-13-23(15-14-22)27(25,26)16-11-17-7-2-1-3-8-17/h1-5,7-11,16H,6,12-15H2/b16-11+. The number of hydrogen-bond donors (Lipinski definition) is 0. The molecule has 0 radical (unpaired) electrons. The van der Waals surface area contributed by atoms with E-state index < -0.39 is 21.7 Å². The van der Waals surface area contributed by atoms with Gasteiger partial charge in [0.25, 0.3) is 5.91 Å². The van der Waals surface area contributed by atoms with E-state index in [4.69, 9.17) is 0 Å². The molecule has 1 aliphatic rings. The summed E-state index contributed by atoms with van der Waals surface area (Å²) < 4.78 is 40.4. The molecule has 1 heterocycles. The molecule has 0 spiro atoms. The Hall–Kier alpha value is -2.51. The minimum atomic E-state index is -3.59. The Morgan fingerprint density at radius 1 is 0.926 bits per heavy atom. The number of nitrogens with zero attached hydrogens (tertiary/aromatic N) is 2. The fourth-order valence-corrected chi connectivity index (χ4v) is 4.19. The number of benzene rings is 2. The van der Waals surface area contributed by atoms with Crippen LogP contribution < -0.4 is 0 Å². The first-order valence-electron chi connectivity index (χ1n) is 8.74. The van der Waals surface area contributed by atoms with E-state index in [-0.39, 0.29) is 18.7 Å². The van der Waals surface area contributed by atoms with Crippen molar-refractivity contribution in [1.82, 2.24) is 9.21 Å². The number of carbonyl (C=O) groups excluding carboxylic acids is 1. The number of halogens is 1. The van der Waals surface area contributed by atoms with Crippen molar-refractivity contribution in [3.05, 3.63) is 76.9 Å². The van der Waals surface area contributed by atoms with Gasteiger partial charge in [-0.2, -0.15) is 4.31 Å². The first-order valence-corrected chi connectivity index (χ1v) is 10.2. The number of hydrogen-bond acceptors (Lipinski definition) is 3. The lowest BCUT2D eigenvalue weighted by atomic mass is 10.2. The summed E-state index contributed by atoms with van der Waals surface area (Å²) in [6, 6.07) is 15.0. The molecular weight excluding hydrogens is 367 g/mol. The summed E-state index contributed by atoms with van der Waals surface area (Å²) in [5.41, 5.74) is 0.810. The van der Waals surface area contributed by atoms with Gasteiger partial charge in [-0.15, -0.1) is 0 Å². The van der Waals surface area contributed by atoms with Crippen molar-refractivity contribution in [2.24, 2.45) is 0 Å². The molecule has 0 N–H and O–H groups in total. The summed E-state index contributed by atoms with van der Waals surface area (Å²) in [7, 11) is -3.59. The summed E-state index contributed by atoms with van der Waals surface area (Å²) in [6.45, 7) is 1.12. The largest absolute Gasteiger partial charge is 0.337 e. The number of sulfonamides is 1. The Bertz CT molecular complexity index is 929. The molecule has 27 heavy (non-hydrogen) atoms. The smallest absolute Gasteiger partial charge is 0.256 e. The lowest BCUT2D eigenvalue weighted by molar-refractivity contribution is 0.0759. The molecule has 3 rings (SSSR count). The molecule has 1 saturated heterocycles. The molecule has 2 aromatic rings. The van der Waals surface area contributed by atoms with Crippen LogP contribution in [0.25, 0.3) is 6.08 Å². The van der Waals surface area contributed by atoms with Gasteiger partial charge in [0.2, 0.25) is 10.0 Å². The zero-order valence-corrected chi connectivity index (χ0v) is 15.6. The second-order valence-electron chi connectivity index (χ2n) is 6.28. The van der Waals surface area contributed by atoms with Crippen molar-refractivity contribution in [3.8, 4) is 0 Å². The predicted molar refractivity (Wildman–Crippen MR) is 103 cm³/mol. The van der Waals surface area contributed by atoms with Crippen LogP contribution in [-0.2, 0) is 10.0 Å². The van der Waals surface area contributed by atoms with Gasteiger partial charge < -0.3 is 4.90 Å². The van der Waals surface area contributed by atoms with E-state index >= 15 is 0 Å². The van der Waals surface area contributed by atoms with Crippen LogP contribution >= 0.6 is 0 Å². The SMILES string of the molecule is O=C(c1ccccc1F)N1CCCN(S(=O)(=O)/C=C/c2ccccc2)CC1. The normalized spacial score (nSPS) is 16.4. The van der Waals surface area contributed by atoms with E-state index in [9.17, 15) is 17.6 Å². The molecule has 2 aromatic carbocycles. The monoisotopic (exact) mass is 388 g/mol. The number of carbonyl (C=O) groups is 1. The van der Waals surface area contributed by atoms with Crippen molar-refractivity contribution in [3.63, 3.8) is 0 Å². The number of amides is 1. The summed E-state index contributed by atoms with van der Waals surface area (Å²) in [4.78, 5) is 14.1. The fourth-order valence-electron chi connectivity index (χ4n) is 2.97. The maximum atomic E-state index is 13.9. The Morgan fingerprint density at radius 3 is 2.37 bits per heavy atom. The van der Waals surface area contributed by atoms with Crippen molar-refractivity contribution < 1.29 is 17.6 Å². The molecule has 1 fully saturated rings. The van der Waals surface area contributed by atoms with E-state index in [2.05, 4.69) is 0 Å². The second kappa shape index (κ2) is 8.45. The highest BCUT2D eigenvalue weighted by Gasteiger charge is 2.26. The third-order valence-electron chi connectivity index (χ3n) is 4.44. The van der Waals surface area contributed by atoms with Crippen molar-refractivity contribution in [2.45, 2.75) is 6.42 Å². The molecule has 142 valence electrons. The molecule has 5 nitrogen and oxygen atoms in total. The second-order valence-corrected chi connectivity index (χ2v) is 8.10. The van der Waals surface area contributed by atoms with Gasteiger partial charge in [0.15, 0.2) is 0 Å². The topological polar surface area (TPSA) is 57.7 Å². The lowest BCUT2D eigenvalue weighted by Crippen LogP contribution is -2.37. The highest BCUT2D eigenvalue weighted by atomic mass is 32.2. The molecule has 0 aromatic heterocycles. The molecule has 7 heteroatoms. The molecule has 0 atom stereocenters. The minimum Gasteiger partial charge on any atom is -0.337 e. The van der Waals surface area contributed by atoms with Gasteiger partial charge in [-0.25, -0.2) is 12.8 Å². The van der Waals surface area contributed by atoms with E-state index in [0.29, 0.717) is 19.5 Å². The quantitative estimate of drug-likeness (QED) is 0.809. The van der Waals surface area contributed by atoms with Gasteiger partial charge in [0.05, 0.1) is 5.56 Å². The van der Waals surface area contributed by atoms with E-state index in [1.165, 1.54) is 32.8 Å². The zero-order chi connectivity index (χ0) is 19.3. The Morgan fingerprint density at radius 2 is 1.63 bits per heavy atom. The van der Waals surface area contributed by atoms with Gasteiger partial charge >= 0.3 is 0 Å². The first kappa shape index (κ1) is 19.3. The average molecular weight is 388 g/mol. The van der Waals surface area contributed by atoms with Crippen molar-refractivity contribution in [2.75, 3.05) is 26.2 Å². The Kier molecular flexibility index (Phi) is 6.03. The molecule has 0 aliphatic carbocycles. The summed E-state index contributed by atoms with van der Waals surface area (Å²) in [6.07, 6.45) is 2.06. The van der Waals surface area contributed by atoms with Crippen LogP contribution in [0.1, 0.15) is 22.3 Å². The van der Waals surface area contributed by atoms with Gasteiger partial charge in [-0.3, -0.25) is 4.79 Å². The van der Waals surface area contributed by atoms with Crippen LogP contribution in [0.5, 0.6) is 0 Å². The molecule has 1 amide bonds. The van der Waals surface area contributed by atoms with Gasteiger partial charge in [-0.1, -0.05) is 42.5 Å². The molecule has 0 bridgehead atoms. The third kappa shape index (κ3) is 4.81. The Labute approximate surface area is 158 Å². The van der Waals surface area contributed by atoms with Gasteiger partial charge in [0, 0.05) is 31.6 Å². The Balaban J connectivity index is 1.68. The highest BCUT2D eigenvalue weighted by Crippen LogP contribution is 2.15. The molecule has 1 aliphatic heterocycles. The van der Waals surface area contributed by atoms with Crippen LogP contribution in [0.2, 0.25) is 0 Å². The zero-order valence-electron chi connectivity index (χ0n) is 14.8. The van der Waals surface area contributed by atoms with E-state index in [1.807, 2.05) is 30.3 Å². The van der Waals surface area contributed by atoms with E-state index in [0.717, 1.165) is 5.56 Å². The highest BCUT2D eigenvalue weighted by molar-refractivity contribution is 7.92. The third-order valence-corrected chi connectivity index (χ3v) is 6.00. The predicted octanol–water partition coefficient (Wildman–Crippen LogP) is 2.97. The van der Waals surface area contributed by atoms with Crippen molar-refractivity contribution >= 4 is 22.0 Å². The minimum absolute atomic E-state index is 0.0118. The summed E-state index contributed by atoms with van der Waals surface area (Å²) >= 11 is 0. The maximum Gasteiger partial charge on any atom is 0.256 e. The van der Waals surface area contributed by atoms with Gasteiger partial charge in [0.1, 0.15) is 5.82 Å². The first-order chi connectivity index (χ1) is 13.0. The van der Waals surface area contributed by atoms with Crippen LogP contribution in [0.4, 0.5) is 4.39 Å².